The van der Waals surface area contributed by atoms with Crippen molar-refractivity contribution in [3.8, 4) is 0 Å². The molecule has 1 fully saturated rings. The number of piperazine rings is 1. The molecule has 6 nitrogen and oxygen atoms in total. The Morgan fingerprint density at radius 2 is 1.67 bits per heavy atom. The van der Waals surface area contributed by atoms with Gasteiger partial charge in [-0.1, -0.05) is 60.3 Å². The zero-order valence-electron chi connectivity index (χ0n) is 23.0. The molecule has 0 bridgehead atoms. The van der Waals surface area contributed by atoms with Crippen molar-refractivity contribution in [1.82, 2.24) is 15.5 Å². The van der Waals surface area contributed by atoms with Crippen LogP contribution in [0.2, 0.25) is 0 Å². The number of amides is 1. The fourth-order valence-corrected chi connectivity index (χ4v) is 6.02. The molecule has 1 saturated heterocycles. The Hall–Kier alpha value is -4.54. The molecule has 3 N–H and O–H groups in total. The third kappa shape index (κ3) is 6.60. The van der Waals surface area contributed by atoms with E-state index in [2.05, 4.69) is 20.8 Å². The van der Waals surface area contributed by atoms with Gasteiger partial charge in [-0.2, -0.15) is 18.3 Å². The van der Waals surface area contributed by atoms with Crippen molar-refractivity contribution < 1.29 is 18.0 Å². The van der Waals surface area contributed by atoms with Crippen LogP contribution in [0.4, 0.5) is 24.5 Å². The number of nitrogens with zero attached hydrogens (tertiary/aromatic N) is 2. The molecule has 0 spiro atoms. The van der Waals surface area contributed by atoms with E-state index in [0.717, 1.165) is 33.1 Å². The van der Waals surface area contributed by atoms with Gasteiger partial charge in [0.15, 0.2) is 0 Å². The van der Waals surface area contributed by atoms with E-state index in [4.69, 9.17) is 0 Å². The molecule has 43 heavy (non-hydrogen) atoms. The third-order valence-corrected chi connectivity index (χ3v) is 8.24. The molecule has 1 aliphatic rings. The highest BCUT2D eigenvalue weighted by atomic mass is 32.2. The molecule has 0 unspecified atom stereocenters. The summed E-state index contributed by atoms with van der Waals surface area (Å²) in [6, 6.07) is 26.9. The lowest BCUT2D eigenvalue weighted by Gasteiger charge is -2.31. The standard InChI is InChI=1S/C33H28F3N5OS/c34-33(35,36)27-20-23(11-15-30(27)41-18-16-37-17-19-41)38-32(42)26-8-4-5-9-31(26)43-24-12-13-25-28(39-40-29(25)21-24)14-10-22-6-2-1-3-7-22/h1-15,20-21,37H,16-19H2,(H,38,42)(H,39,40). The predicted octanol–water partition coefficient (Wildman–Crippen LogP) is 7.57. The van der Waals surface area contributed by atoms with Crippen LogP contribution >= 0.6 is 11.8 Å². The second-order valence-electron chi connectivity index (χ2n) is 10.1. The van der Waals surface area contributed by atoms with E-state index in [1.807, 2.05) is 72.8 Å². The lowest BCUT2D eigenvalue weighted by molar-refractivity contribution is -0.137. The molecule has 218 valence electrons. The first kappa shape index (κ1) is 28.6. The minimum atomic E-state index is -4.56. The molecule has 0 saturated carbocycles. The van der Waals surface area contributed by atoms with Gasteiger partial charge in [-0.3, -0.25) is 9.89 Å². The number of benzene rings is 4. The number of aromatic nitrogens is 2. The molecule has 6 rings (SSSR count). The maximum Gasteiger partial charge on any atom is 0.418 e. The number of rotatable bonds is 7. The summed E-state index contributed by atoms with van der Waals surface area (Å²) in [6.07, 6.45) is -0.595. The number of nitrogens with one attached hydrogen (secondary N) is 3. The molecule has 0 aliphatic carbocycles. The summed E-state index contributed by atoms with van der Waals surface area (Å²) in [7, 11) is 0. The number of halogens is 3. The number of alkyl halides is 3. The van der Waals surface area contributed by atoms with Gasteiger partial charge in [0.25, 0.3) is 5.91 Å². The van der Waals surface area contributed by atoms with Gasteiger partial charge in [-0.15, -0.1) is 0 Å². The van der Waals surface area contributed by atoms with Gasteiger partial charge in [0.2, 0.25) is 0 Å². The van der Waals surface area contributed by atoms with Crippen molar-refractivity contribution in [1.29, 1.82) is 0 Å². The van der Waals surface area contributed by atoms with Crippen molar-refractivity contribution >= 4 is 52.1 Å². The van der Waals surface area contributed by atoms with Gasteiger partial charge in [0, 0.05) is 52.7 Å². The van der Waals surface area contributed by atoms with Crippen LogP contribution in [0.25, 0.3) is 23.1 Å². The Bertz CT molecular complexity index is 1780. The minimum Gasteiger partial charge on any atom is -0.368 e. The van der Waals surface area contributed by atoms with Crippen molar-refractivity contribution in [3.05, 3.63) is 113 Å². The molecule has 4 aromatic carbocycles. The molecule has 10 heteroatoms. The summed E-state index contributed by atoms with van der Waals surface area (Å²) in [4.78, 5) is 16.6. The molecular formula is C33H28F3N5OS. The van der Waals surface area contributed by atoms with Crippen LogP contribution in [0.1, 0.15) is 27.2 Å². The number of fused-ring (bicyclic) bond motifs is 1. The zero-order chi connectivity index (χ0) is 29.8. The molecule has 1 aliphatic heterocycles. The molecule has 1 aromatic heterocycles. The Morgan fingerprint density at radius 1 is 0.907 bits per heavy atom. The third-order valence-electron chi connectivity index (χ3n) is 7.17. The maximum atomic E-state index is 14.0. The topological polar surface area (TPSA) is 73.1 Å². The molecular weight excluding hydrogens is 571 g/mol. The van der Waals surface area contributed by atoms with E-state index in [1.54, 1.807) is 17.0 Å². The van der Waals surface area contributed by atoms with Crippen LogP contribution in [-0.4, -0.2) is 42.3 Å². The summed E-state index contributed by atoms with van der Waals surface area (Å²) in [6.45, 7) is 2.19. The van der Waals surface area contributed by atoms with Gasteiger partial charge in [-0.25, -0.2) is 0 Å². The highest BCUT2D eigenvalue weighted by Crippen LogP contribution is 2.39. The maximum absolute atomic E-state index is 14.0. The number of carbonyl (C=O) groups is 1. The first-order chi connectivity index (χ1) is 20.8. The first-order valence-corrected chi connectivity index (χ1v) is 14.6. The molecule has 1 amide bonds. The minimum absolute atomic E-state index is 0.0889. The number of anilines is 2. The van der Waals surface area contributed by atoms with Crippen molar-refractivity contribution in [2.45, 2.75) is 16.0 Å². The van der Waals surface area contributed by atoms with E-state index in [1.165, 1.54) is 23.9 Å². The number of H-pyrrole nitrogens is 1. The van der Waals surface area contributed by atoms with Crippen LogP contribution in [-0.2, 0) is 6.18 Å². The van der Waals surface area contributed by atoms with Crippen molar-refractivity contribution in [2.75, 3.05) is 36.4 Å². The summed E-state index contributed by atoms with van der Waals surface area (Å²) in [5.74, 6) is -0.484. The van der Waals surface area contributed by atoms with Gasteiger partial charge in [0.05, 0.1) is 22.3 Å². The van der Waals surface area contributed by atoms with Crippen LogP contribution < -0.4 is 15.5 Å². The van der Waals surface area contributed by atoms with Crippen LogP contribution in [0.15, 0.2) is 101 Å². The van der Waals surface area contributed by atoms with Crippen molar-refractivity contribution in [3.63, 3.8) is 0 Å². The Morgan fingerprint density at radius 3 is 2.47 bits per heavy atom. The van der Waals surface area contributed by atoms with E-state index < -0.39 is 17.6 Å². The summed E-state index contributed by atoms with van der Waals surface area (Å²) in [5.41, 5.74) is 2.55. The van der Waals surface area contributed by atoms with E-state index >= 15 is 0 Å². The average Bonchev–Trinajstić information content (AvgIpc) is 3.43. The molecule has 2 heterocycles. The monoisotopic (exact) mass is 599 g/mol. The van der Waals surface area contributed by atoms with Gasteiger partial charge < -0.3 is 15.5 Å². The molecule has 5 aromatic rings. The highest BCUT2D eigenvalue weighted by Gasteiger charge is 2.35. The summed E-state index contributed by atoms with van der Waals surface area (Å²) < 4.78 is 42.0. The Labute approximate surface area is 251 Å². The number of hydrogen-bond acceptors (Lipinski definition) is 5. The fraction of sp³-hybridized carbons (Fsp3) is 0.152. The molecule has 0 atom stereocenters. The van der Waals surface area contributed by atoms with E-state index in [0.29, 0.717) is 36.6 Å². The van der Waals surface area contributed by atoms with Crippen LogP contribution in [0, 0.1) is 0 Å². The normalized spacial score (nSPS) is 14.0. The Kier molecular flexibility index (Phi) is 8.22. The number of carbonyl (C=O) groups excluding carboxylic acids is 1. The largest absolute Gasteiger partial charge is 0.418 e. The van der Waals surface area contributed by atoms with Gasteiger partial charge in [0.1, 0.15) is 0 Å². The number of hydrogen-bond donors (Lipinski definition) is 3. The second kappa shape index (κ2) is 12.4. The fourth-order valence-electron chi connectivity index (χ4n) is 5.04. The lowest BCUT2D eigenvalue weighted by Crippen LogP contribution is -2.44. The summed E-state index contributed by atoms with van der Waals surface area (Å²) >= 11 is 1.40. The van der Waals surface area contributed by atoms with Gasteiger partial charge in [-0.05, 0) is 60.2 Å². The average molecular weight is 600 g/mol. The van der Waals surface area contributed by atoms with Crippen LogP contribution in [0.5, 0.6) is 0 Å². The SMILES string of the molecule is O=C(Nc1ccc(N2CCNCC2)c(C(F)(F)F)c1)c1ccccc1Sc1ccc2c(C=Cc3ccccc3)n[nH]c2c1. The lowest BCUT2D eigenvalue weighted by atomic mass is 10.1. The first-order valence-electron chi connectivity index (χ1n) is 13.8. The quantitative estimate of drug-likeness (QED) is 0.180. The smallest absolute Gasteiger partial charge is 0.368 e. The molecule has 0 radical (unpaired) electrons. The van der Waals surface area contributed by atoms with E-state index in [9.17, 15) is 18.0 Å². The van der Waals surface area contributed by atoms with Gasteiger partial charge >= 0.3 is 6.18 Å². The summed E-state index contributed by atoms with van der Waals surface area (Å²) in [5, 5.41) is 14.3. The Balaban J connectivity index is 1.21. The predicted molar refractivity (Wildman–Crippen MR) is 167 cm³/mol. The van der Waals surface area contributed by atoms with Crippen LogP contribution in [0.3, 0.4) is 0 Å². The van der Waals surface area contributed by atoms with Crippen molar-refractivity contribution in [2.24, 2.45) is 0 Å². The van der Waals surface area contributed by atoms with E-state index in [-0.39, 0.29) is 11.4 Å². The highest BCUT2D eigenvalue weighted by molar-refractivity contribution is 7.99. The second-order valence-corrected chi connectivity index (χ2v) is 11.2. The zero-order valence-corrected chi connectivity index (χ0v) is 23.8. The number of aromatic amines is 1.